The zero-order chi connectivity index (χ0) is 11.5. The SMILES string of the molecule is COC(=O)CCn1cnc2ccc(N)cc21. The Kier molecular flexibility index (Phi) is 2.76. The number of nitrogens with two attached hydrogens (primary N) is 1. The fraction of sp³-hybridized carbons (Fsp3) is 0.273. The molecule has 0 amide bonds. The van der Waals surface area contributed by atoms with Crippen molar-refractivity contribution in [3.8, 4) is 0 Å². The van der Waals surface area contributed by atoms with E-state index in [1.165, 1.54) is 7.11 Å². The van der Waals surface area contributed by atoms with Crippen LogP contribution in [-0.2, 0) is 16.1 Å². The van der Waals surface area contributed by atoms with Gasteiger partial charge in [-0.1, -0.05) is 0 Å². The third kappa shape index (κ3) is 1.98. The van der Waals surface area contributed by atoms with Gasteiger partial charge in [-0.3, -0.25) is 4.79 Å². The number of methoxy groups -OCH3 is 1. The molecule has 2 rings (SSSR count). The minimum atomic E-state index is -0.231. The van der Waals surface area contributed by atoms with Gasteiger partial charge in [0.2, 0.25) is 0 Å². The number of imidazole rings is 1. The number of rotatable bonds is 3. The number of hydrogen-bond acceptors (Lipinski definition) is 4. The number of nitrogens with zero attached hydrogens (tertiary/aromatic N) is 2. The summed E-state index contributed by atoms with van der Waals surface area (Å²) in [5.41, 5.74) is 8.20. The molecule has 0 unspecified atom stereocenters. The van der Waals surface area contributed by atoms with Crippen LogP contribution in [0.2, 0.25) is 0 Å². The predicted molar refractivity (Wildman–Crippen MR) is 60.8 cm³/mol. The number of hydrogen-bond donors (Lipinski definition) is 1. The first-order chi connectivity index (χ1) is 7.70. The van der Waals surface area contributed by atoms with Gasteiger partial charge >= 0.3 is 5.97 Å². The minimum absolute atomic E-state index is 0.231. The highest BCUT2D eigenvalue weighted by Gasteiger charge is 2.05. The first kappa shape index (κ1) is 10.5. The molecule has 0 radical (unpaired) electrons. The van der Waals surface area contributed by atoms with Crippen molar-refractivity contribution in [2.75, 3.05) is 12.8 Å². The topological polar surface area (TPSA) is 70.1 Å². The number of anilines is 1. The van der Waals surface area contributed by atoms with Gasteiger partial charge in [-0.15, -0.1) is 0 Å². The van der Waals surface area contributed by atoms with Crippen LogP contribution in [0.5, 0.6) is 0 Å². The fourth-order valence-corrected chi connectivity index (χ4v) is 1.57. The number of carbonyl (C=O) groups excluding carboxylic acids is 1. The molecule has 1 aromatic carbocycles. The van der Waals surface area contributed by atoms with Crippen LogP contribution in [0.1, 0.15) is 6.42 Å². The minimum Gasteiger partial charge on any atom is -0.469 e. The van der Waals surface area contributed by atoms with Crippen molar-refractivity contribution in [3.63, 3.8) is 0 Å². The van der Waals surface area contributed by atoms with E-state index in [1.54, 1.807) is 12.4 Å². The van der Waals surface area contributed by atoms with E-state index < -0.39 is 0 Å². The number of ether oxygens (including phenoxy) is 1. The summed E-state index contributed by atoms with van der Waals surface area (Å²) >= 11 is 0. The summed E-state index contributed by atoms with van der Waals surface area (Å²) in [6, 6.07) is 5.51. The Bertz CT molecular complexity index is 519. The quantitative estimate of drug-likeness (QED) is 0.621. The molecule has 0 aliphatic rings. The van der Waals surface area contributed by atoms with Gasteiger partial charge in [-0.25, -0.2) is 4.98 Å². The lowest BCUT2D eigenvalue weighted by atomic mass is 10.3. The molecule has 0 spiro atoms. The molecule has 0 aliphatic carbocycles. The average molecular weight is 219 g/mol. The van der Waals surface area contributed by atoms with Crippen LogP contribution in [0.4, 0.5) is 5.69 Å². The Labute approximate surface area is 92.8 Å². The van der Waals surface area contributed by atoms with E-state index in [9.17, 15) is 4.79 Å². The highest BCUT2D eigenvalue weighted by atomic mass is 16.5. The second-order valence-electron chi connectivity index (χ2n) is 3.51. The van der Waals surface area contributed by atoms with Gasteiger partial charge in [0.1, 0.15) is 0 Å². The van der Waals surface area contributed by atoms with E-state index >= 15 is 0 Å². The van der Waals surface area contributed by atoms with Crippen LogP contribution >= 0.6 is 0 Å². The highest BCUT2D eigenvalue weighted by molar-refractivity contribution is 5.79. The lowest BCUT2D eigenvalue weighted by Gasteiger charge is -2.03. The molecule has 0 fully saturated rings. The molecule has 0 atom stereocenters. The van der Waals surface area contributed by atoms with Crippen molar-refractivity contribution in [3.05, 3.63) is 24.5 Å². The normalized spacial score (nSPS) is 10.6. The second kappa shape index (κ2) is 4.22. The molecule has 5 heteroatoms. The number of aryl methyl sites for hydroxylation is 1. The Balaban J connectivity index is 2.24. The van der Waals surface area contributed by atoms with Crippen LogP contribution in [-0.4, -0.2) is 22.6 Å². The molecular formula is C11H13N3O2. The van der Waals surface area contributed by atoms with Crippen LogP contribution in [0.15, 0.2) is 24.5 Å². The van der Waals surface area contributed by atoms with Crippen molar-refractivity contribution >= 4 is 22.7 Å². The first-order valence-electron chi connectivity index (χ1n) is 4.98. The predicted octanol–water partition coefficient (Wildman–Crippen LogP) is 1.18. The summed E-state index contributed by atoms with van der Waals surface area (Å²) in [7, 11) is 1.38. The maximum Gasteiger partial charge on any atom is 0.307 e. The van der Waals surface area contributed by atoms with Gasteiger partial charge in [0, 0.05) is 12.2 Å². The Morgan fingerprint density at radius 2 is 2.38 bits per heavy atom. The summed E-state index contributed by atoms with van der Waals surface area (Å²) in [6.45, 7) is 0.548. The summed E-state index contributed by atoms with van der Waals surface area (Å²) in [5, 5.41) is 0. The molecule has 84 valence electrons. The van der Waals surface area contributed by atoms with E-state index in [0.29, 0.717) is 18.7 Å². The van der Waals surface area contributed by atoms with E-state index in [0.717, 1.165) is 11.0 Å². The zero-order valence-electron chi connectivity index (χ0n) is 9.01. The van der Waals surface area contributed by atoms with Crippen LogP contribution in [0, 0.1) is 0 Å². The van der Waals surface area contributed by atoms with Gasteiger partial charge < -0.3 is 15.0 Å². The number of aromatic nitrogens is 2. The number of esters is 1. The van der Waals surface area contributed by atoms with Crippen molar-refractivity contribution in [2.45, 2.75) is 13.0 Å². The molecule has 0 aliphatic heterocycles. The molecule has 1 heterocycles. The van der Waals surface area contributed by atoms with Gasteiger partial charge in [-0.05, 0) is 18.2 Å². The molecule has 2 aromatic rings. The van der Waals surface area contributed by atoms with Crippen molar-refractivity contribution in [2.24, 2.45) is 0 Å². The second-order valence-corrected chi connectivity index (χ2v) is 3.51. The van der Waals surface area contributed by atoms with Crippen molar-refractivity contribution < 1.29 is 9.53 Å². The zero-order valence-corrected chi connectivity index (χ0v) is 9.01. The van der Waals surface area contributed by atoms with E-state index in [-0.39, 0.29) is 5.97 Å². The van der Waals surface area contributed by atoms with Gasteiger partial charge in [0.05, 0.1) is 30.9 Å². The Morgan fingerprint density at radius 3 is 3.12 bits per heavy atom. The summed E-state index contributed by atoms with van der Waals surface area (Å²) in [6.07, 6.45) is 2.03. The standard InChI is InChI=1S/C11H13N3O2/c1-16-11(15)4-5-14-7-13-9-3-2-8(12)6-10(9)14/h2-3,6-7H,4-5,12H2,1H3. The smallest absolute Gasteiger partial charge is 0.307 e. The van der Waals surface area contributed by atoms with Gasteiger partial charge in [-0.2, -0.15) is 0 Å². The van der Waals surface area contributed by atoms with Crippen molar-refractivity contribution in [1.82, 2.24) is 9.55 Å². The van der Waals surface area contributed by atoms with Crippen molar-refractivity contribution in [1.29, 1.82) is 0 Å². The third-order valence-electron chi connectivity index (χ3n) is 2.43. The molecule has 1 aromatic heterocycles. The molecule has 16 heavy (non-hydrogen) atoms. The number of carbonyl (C=O) groups is 1. The summed E-state index contributed by atoms with van der Waals surface area (Å²) in [4.78, 5) is 15.2. The molecule has 5 nitrogen and oxygen atoms in total. The van der Waals surface area contributed by atoms with Crippen LogP contribution < -0.4 is 5.73 Å². The highest BCUT2D eigenvalue weighted by Crippen LogP contribution is 2.16. The summed E-state index contributed by atoms with van der Waals surface area (Å²) in [5.74, 6) is -0.231. The molecule has 2 N–H and O–H groups in total. The number of fused-ring (bicyclic) bond motifs is 1. The lowest BCUT2D eigenvalue weighted by molar-refractivity contribution is -0.140. The van der Waals surface area contributed by atoms with Crippen LogP contribution in [0.3, 0.4) is 0 Å². The number of benzene rings is 1. The molecule has 0 saturated heterocycles. The van der Waals surface area contributed by atoms with Crippen LogP contribution in [0.25, 0.3) is 11.0 Å². The maximum atomic E-state index is 11.0. The van der Waals surface area contributed by atoms with Gasteiger partial charge in [0.15, 0.2) is 0 Å². The summed E-state index contributed by atoms with van der Waals surface area (Å²) < 4.78 is 6.48. The Hall–Kier alpha value is -2.04. The first-order valence-corrected chi connectivity index (χ1v) is 4.98. The third-order valence-corrected chi connectivity index (χ3v) is 2.43. The lowest BCUT2D eigenvalue weighted by Crippen LogP contribution is -2.06. The average Bonchev–Trinajstić information content (AvgIpc) is 2.68. The largest absolute Gasteiger partial charge is 0.469 e. The molecular weight excluding hydrogens is 206 g/mol. The van der Waals surface area contributed by atoms with E-state index in [4.69, 9.17) is 5.73 Å². The van der Waals surface area contributed by atoms with E-state index in [2.05, 4.69) is 9.72 Å². The fourth-order valence-electron chi connectivity index (χ4n) is 1.57. The molecule has 0 bridgehead atoms. The monoisotopic (exact) mass is 219 g/mol. The number of nitrogen functional groups attached to an aromatic ring is 1. The Morgan fingerprint density at radius 1 is 1.56 bits per heavy atom. The molecule has 0 saturated carbocycles. The van der Waals surface area contributed by atoms with Gasteiger partial charge in [0.25, 0.3) is 0 Å². The maximum absolute atomic E-state index is 11.0. The van der Waals surface area contributed by atoms with E-state index in [1.807, 2.05) is 16.7 Å².